The Morgan fingerprint density at radius 1 is 0.705 bits per heavy atom. The molecule has 5 aliphatic carbocycles. The highest BCUT2D eigenvalue weighted by Gasteiger charge is 2.70. The van der Waals surface area contributed by atoms with Gasteiger partial charge in [-0.05, 0) is 113 Å². The molecule has 0 aromatic carbocycles. The lowest BCUT2D eigenvalue weighted by Gasteiger charge is -2.74. The van der Waals surface area contributed by atoms with Gasteiger partial charge in [0.05, 0.1) is 0 Å². The van der Waals surface area contributed by atoms with Crippen LogP contribution in [0.25, 0.3) is 0 Å². The molecule has 0 bridgehead atoms. The van der Waals surface area contributed by atoms with E-state index in [1.54, 1.807) is 0 Å². The minimum Gasteiger partial charge on any atom is -0.0998 e. The van der Waals surface area contributed by atoms with Crippen molar-refractivity contribution in [3.05, 3.63) is 12.2 Å². The Hall–Kier alpha value is -0.260. The third-order valence-corrected chi connectivity index (χ3v) is 16.1. The van der Waals surface area contributed by atoms with Gasteiger partial charge in [-0.2, -0.15) is 0 Å². The van der Waals surface area contributed by atoms with Crippen LogP contribution in [0.4, 0.5) is 0 Å². The summed E-state index contributed by atoms with van der Waals surface area (Å²) < 4.78 is 0. The van der Waals surface area contributed by atoms with Gasteiger partial charge in [-0.3, -0.25) is 0 Å². The normalized spacial score (nSPS) is 48.2. The van der Waals surface area contributed by atoms with E-state index in [9.17, 15) is 0 Å². The van der Waals surface area contributed by atoms with Crippen molar-refractivity contribution >= 4 is 0 Å². The molecule has 0 aromatic rings. The maximum Gasteiger partial charge on any atom is -0.0151 e. The predicted molar refractivity (Wildman–Crippen MR) is 200 cm³/mol. The van der Waals surface area contributed by atoms with Crippen LogP contribution in [-0.2, 0) is 0 Å². The zero-order valence-electron chi connectivity index (χ0n) is 33.5. The van der Waals surface area contributed by atoms with Crippen molar-refractivity contribution in [1.82, 2.24) is 0 Å². The average molecular weight is 613 g/mol. The molecule has 0 heteroatoms. The molecule has 260 valence electrons. The van der Waals surface area contributed by atoms with E-state index in [4.69, 9.17) is 0 Å². The predicted octanol–water partition coefficient (Wildman–Crippen LogP) is 14.2. The molecule has 0 aromatic heterocycles. The molecule has 0 radical (unpaired) electrons. The molecule has 0 aliphatic heterocycles. The molecule has 0 N–H and O–H groups in total. The first kappa shape index (κ1) is 39.9. The molecule has 44 heavy (non-hydrogen) atoms. The maximum atomic E-state index is 4.54. The van der Waals surface area contributed by atoms with Crippen molar-refractivity contribution in [3.8, 4) is 0 Å². The van der Waals surface area contributed by atoms with Crippen molar-refractivity contribution in [2.45, 2.75) is 169 Å². The third-order valence-electron chi connectivity index (χ3n) is 16.1. The van der Waals surface area contributed by atoms with Crippen LogP contribution in [0.2, 0.25) is 0 Å². The van der Waals surface area contributed by atoms with Gasteiger partial charge in [-0.1, -0.05) is 168 Å². The SMILES string of the molecule is C=C(C)C1C(C)C(CC)C2(C)C(C1C)C(C)C1C(C)C3C(C)CCCC3C(C)C1(C)C2C.CC.CC.CC(C)C1CCCC1. The van der Waals surface area contributed by atoms with Gasteiger partial charge in [-0.15, -0.1) is 0 Å². The van der Waals surface area contributed by atoms with Gasteiger partial charge in [0.15, 0.2) is 0 Å². The van der Waals surface area contributed by atoms with Crippen LogP contribution >= 0.6 is 0 Å². The monoisotopic (exact) mass is 613 g/mol. The fraction of sp³-hybridized carbons (Fsp3) is 0.955. The quantitative estimate of drug-likeness (QED) is 0.278. The molecule has 5 aliphatic rings. The minimum absolute atomic E-state index is 0.436. The van der Waals surface area contributed by atoms with E-state index in [0.717, 1.165) is 82.9 Å². The van der Waals surface area contributed by atoms with Crippen LogP contribution in [0.15, 0.2) is 12.2 Å². The topological polar surface area (TPSA) is 0 Å². The molecule has 5 rings (SSSR count). The first-order chi connectivity index (χ1) is 20.7. The van der Waals surface area contributed by atoms with Crippen LogP contribution in [0.3, 0.4) is 0 Å². The molecule has 0 nitrogen and oxygen atoms in total. The summed E-state index contributed by atoms with van der Waals surface area (Å²) in [6.07, 6.45) is 11.7. The van der Waals surface area contributed by atoms with Gasteiger partial charge in [0.2, 0.25) is 0 Å². The summed E-state index contributed by atoms with van der Waals surface area (Å²) in [5.74, 6) is 12.8. The molecule has 0 saturated heterocycles. The number of hydrogen-bond acceptors (Lipinski definition) is 0. The molecule has 0 spiro atoms. The molecule has 15 atom stereocenters. The van der Waals surface area contributed by atoms with Crippen LogP contribution in [0.5, 0.6) is 0 Å². The fourth-order valence-corrected chi connectivity index (χ4v) is 14.5. The van der Waals surface area contributed by atoms with Crippen LogP contribution < -0.4 is 0 Å². The van der Waals surface area contributed by atoms with Crippen molar-refractivity contribution in [3.63, 3.8) is 0 Å². The Morgan fingerprint density at radius 3 is 1.68 bits per heavy atom. The molecular formula is C44H84. The zero-order chi connectivity index (χ0) is 33.9. The molecule has 0 amide bonds. The number of allylic oxidation sites excluding steroid dienone is 1. The lowest BCUT2D eigenvalue weighted by molar-refractivity contribution is -0.266. The Balaban J connectivity index is 0.000000478. The summed E-state index contributed by atoms with van der Waals surface area (Å²) in [7, 11) is 0. The Labute approximate surface area is 280 Å². The largest absolute Gasteiger partial charge is 0.0998 e. The fourth-order valence-electron chi connectivity index (χ4n) is 14.5. The number of hydrogen-bond donors (Lipinski definition) is 0. The number of fused-ring (bicyclic) bond motifs is 3. The summed E-state index contributed by atoms with van der Waals surface area (Å²) in [4.78, 5) is 0. The van der Waals surface area contributed by atoms with E-state index in [0.29, 0.717) is 16.7 Å². The summed E-state index contributed by atoms with van der Waals surface area (Å²) >= 11 is 0. The van der Waals surface area contributed by atoms with Gasteiger partial charge in [0.1, 0.15) is 0 Å². The van der Waals surface area contributed by atoms with Crippen molar-refractivity contribution < 1.29 is 0 Å². The van der Waals surface area contributed by atoms with Crippen molar-refractivity contribution in [2.24, 2.45) is 99.6 Å². The number of rotatable bonds is 3. The lowest BCUT2D eigenvalue weighted by atomic mass is 9.30. The second kappa shape index (κ2) is 16.2. The Kier molecular flexibility index (Phi) is 14.7. The first-order valence-electron chi connectivity index (χ1n) is 20.3. The van der Waals surface area contributed by atoms with E-state index in [2.05, 4.69) is 96.6 Å². The van der Waals surface area contributed by atoms with Gasteiger partial charge < -0.3 is 0 Å². The second-order valence-corrected chi connectivity index (χ2v) is 17.6. The summed E-state index contributed by atoms with van der Waals surface area (Å²) in [5, 5.41) is 0. The van der Waals surface area contributed by atoms with Crippen LogP contribution in [0.1, 0.15) is 169 Å². The van der Waals surface area contributed by atoms with E-state index < -0.39 is 0 Å². The van der Waals surface area contributed by atoms with Gasteiger partial charge in [-0.25, -0.2) is 0 Å². The van der Waals surface area contributed by atoms with Gasteiger partial charge in [0.25, 0.3) is 0 Å². The van der Waals surface area contributed by atoms with E-state index in [1.807, 2.05) is 27.7 Å². The second-order valence-electron chi connectivity index (χ2n) is 17.6. The van der Waals surface area contributed by atoms with Gasteiger partial charge in [0, 0.05) is 0 Å². The molecule has 0 heterocycles. The highest BCUT2D eigenvalue weighted by molar-refractivity contribution is 5.20. The summed E-state index contributed by atoms with van der Waals surface area (Å²) in [6, 6.07) is 0. The van der Waals surface area contributed by atoms with E-state index in [1.165, 1.54) is 56.9 Å². The van der Waals surface area contributed by atoms with E-state index >= 15 is 0 Å². The minimum atomic E-state index is 0.436. The smallest absolute Gasteiger partial charge is 0.0151 e. The summed E-state index contributed by atoms with van der Waals surface area (Å²) in [6.45, 7) is 46.2. The highest BCUT2D eigenvalue weighted by Crippen LogP contribution is 2.75. The van der Waals surface area contributed by atoms with E-state index in [-0.39, 0.29) is 0 Å². The van der Waals surface area contributed by atoms with Gasteiger partial charge >= 0.3 is 0 Å². The third kappa shape index (κ3) is 6.56. The standard InChI is InChI=1S/C32H56.C8H16.2C2H6/c1-13-26-19(5)27(17(2)3)20(6)30-22(8)29-21(7)28-18(4)15-14-16-25(28)23(9)31(29,11)24(10)32(26,30)12;1-7(2)8-5-3-4-6-8;2*1-2/h18-30H,2,13-16H2,1,3-12H3;7-8H,3-6H2,1-2H3;2*1-2H3. The van der Waals surface area contributed by atoms with Crippen LogP contribution in [-0.4, -0.2) is 0 Å². The van der Waals surface area contributed by atoms with Crippen molar-refractivity contribution in [1.29, 1.82) is 0 Å². The Morgan fingerprint density at radius 2 is 1.23 bits per heavy atom. The molecule has 15 unspecified atom stereocenters. The first-order valence-corrected chi connectivity index (χ1v) is 20.3. The lowest BCUT2D eigenvalue weighted by Crippen LogP contribution is -2.69. The maximum absolute atomic E-state index is 4.54. The zero-order valence-corrected chi connectivity index (χ0v) is 33.5. The molecule has 5 saturated carbocycles. The average Bonchev–Trinajstić information content (AvgIpc) is 3.53. The van der Waals surface area contributed by atoms with Crippen molar-refractivity contribution in [2.75, 3.05) is 0 Å². The summed E-state index contributed by atoms with van der Waals surface area (Å²) in [5.41, 5.74) is 2.35. The molecule has 5 fully saturated rings. The Bertz CT molecular complexity index is 861. The molecular weight excluding hydrogens is 528 g/mol. The highest BCUT2D eigenvalue weighted by atomic mass is 14.7. The van der Waals surface area contributed by atoms with Crippen LogP contribution in [0, 0.1) is 99.6 Å².